The number of benzene rings is 2. The predicted molar refractivity (Wildman–Crippen MR) is 95.9 cm³/mol. The number of rotatable bonds is 4. The quantitative estimate of drug-likeness (QED) is 0.346. The smallest absolute Gasteiger partial charge is 0.258 e. The number of amides is 2. The molecule has 24 heavy (non-hydrogen) atoms. The van der Waals surface area contributed by atoms with Gasteiger partial charge in [-0.2, -0.15) is 0 Å². The molecule has 2 aromatic rings. The van der Waals surface area contributed by atoms with E-state index in [9.17, 15) is 9.59 Å². The third kappa shape index (κ3) is 4.10. The first-order chi connectivity index (χ1) is 11.5. The molecule has 1 heterocycles. The summed E-state index contributed by atoms with van der Waals surface area (Å²) in [6.45, 7) is 2.92. The lowest BCUT2D eigenvalue weighted by atomic mass is 9.95. The largest absolute Gasteiger partial charge is 0.370 e. The molecule has 2 amide bonds. The van der Waals surface area contributed by atoms with Gasteiger partial charge in [0.15, 0.2) is 5.96 Å². The average molecular weight is 326 g/mol. The van der Waals surface area contributed by atoms with Crippen molar-refractivity contribution in [2.45, 2.75) is 26.2 Å². The van der Waals surface area contributed by atoms with Crippen LogP contribution in [-0.2, 0) is 0 Å². The summed E-state index contributed by atoms with van der Waals surface area (Å²) in [7, 11) is 0. The molecule has 0 saturated heterocycles. The second kappa shape index (κ2) is 8.10. The maximum atomic E-state index is 11.6. The molecule has 0 radical (unpaired) electrons. The van der Waals surface area contributed by atoms with Crippen LogP contribution >= 0.6 is 0 Å². The molecule has 0 aromatic heterocycles. The maximum absolute atomic E-state index is 11.6. The van der Waals surface area contributed by atoms with E-state index in [0.29, 0.717) is 11.1 Å². The monoisotopic (exact) mass is 326 g/mol. The van der Waals surface area contributed by atoms with E-state index in [4.69, 9.17) is 11.5 Å². The Morgan fingerprint density at radius 2 is 1.58 bits per heavy atom. The summed E-state index contributed by atoms with van der Waals surface area (Å²) in [5.41, 5.74) is 11.3. The van der Waals surface area contributed by atoms with E-state index in [1.807, 2.05) is 24.3 Å². The highest BCUT2D eigenvalue weighted by Gasteiger charge is 2.23. The Morgan fingerprint density at radius 3 is 2.08 bits per heavy atom. The van der Waals surface area contributed by atoms with Crippen LogP contribution in [0.3, 0.4) is 0 Å². The van der Waals surface area contributed by atoms with Crippen LogP contribution in [0.2, 0.25) is 0 Å². The van der Waals surface area contributed by atoms with Gasteiger partial charge in [-0.15, -0.1) is 0 Å². The van der Waals surface area contributed by atoms with Gasteiger partial charge >= 0.3 is 0 Å². The van der Waals surface area contributed by atoms with E-state index >= 15 is 0 Å². The lowest BCUT2D eigenvalue weighted by Crippen LogP contribution is -2.34. The van der Waals surface area contributed by atoms with Crippen LogP contribution in [-0.4, -0.2) is 24.3 Å². The summed E-state index contributed by atoms with van der Waals surface area (Å²) in [5, 5.41) is 4.00. The third-order valence-electron chi connectivity index (χ3n) is 3.68. The van der Waals surface area contributed by atoms with Crippen molar-refractivity contribution >= 4 is 28.5 Å². The van der Waals surface area contributed by atoms with Gasteiger partial charge in [0, 0.05) is 23.1 Å². The molecule has 3 rings (SSSR count). The highest BCUT2D eigenvalue weighted by atomic mass is 16.2. The van der Waals surface area contributed by atoms with Gasteiger partial charge in [-0.25, -0.2) is 0 Å². The predicted octanol–water partition coefficient (Wildman–Crippen LogP) is 2.17. The Morgan fingerprint density at radius 1 is 1.00 bits per heavy atom. The molecule has 0 unspecified atom stereocenters. The van der Waals surface area contributed by atoms with Gasteiger partial charge in [-0.05, 0) is 23.9 Å². The molecular formula is C18H22N4O2. The van der Waals surface area contributed by atoms with Gasteiger partial charge in [-0.1, -0.05) is 44.0 Å². The van der Waals surface area contributed by atoms with Crippen molar-refractivity contribution in [3.05, 3.63) is 47.5 Å². The summed E-state index contributed by atoms with van der Waals surface area (Å²) in [6, 6.07) is 10.9. The highest BCUT2D eigenvalue weighted by Crippen LogP contribution is 2.25. The standard InChI is InChI=1S/C12H7NO2.C6H15N3/c14-11-8-5-1-3-7-4-2-6-9(10(7)8)12(15)13-11;1-2-3-4-5-9-6(7)8/h1-6H,(H,13,14,15);2-5H2,1H3,(H4,7,8,9). The zero-order valence-electron chi connectivity index (χ0n) is 13.7. The van der Waals surface area contributed by atoms with Gasteiger partial charge in [0.25, 0.3) is 11.8 Å². The van der Waals surface area contributed by atoms with E-state index in [2.05, 4.69) is 17.2 Å². The van der Waals surface area contributed by atoms with Gasteiger partial charge < -0.3 is 11.5 Å². The lowest BCUT2D eigenvalue weighted by Gasteiger charge is -2.15. The second-order valence-electron chi connectivity index (χ2n) is 5.51. The molecule has 126 valence electrons. The Kier molecular flexibility index (Phi) is 5.89. The van der Waals surface area contributed by atoms with Crippen LogP contribution < -0.4 is 16.8 Å². The number of hydrogen-bond donors (Lipinski definition) is 3. The number of imide groups is 1. The minimum absolute atomic E-state index is 0.200. The topological polar surface area (TPSA) is 111 Å². The summed E-state index contributed by atoms with van der Waals surface area (Å²) < 4.78 is 0. The van der Waals surface area contributed by atoms with Gasteiger partial charge in [0.1, 0.15) is 0 Å². The first-order valence-corrected chi connectivity index (χ1v) is 7.97. The molecule has 1 aliphatic heterocycles. The van der Waals surface area contributed by atoms with Crippen LogP contribution in [0.5, 0.6) is 0 Å². The molecule has 5 N–H and O–H groups in total. The number of nitrogens with two attached hydrogens (primary N) is 2. The fraction of sp³-hybridized carbons (Fsp3) is 0.278. The van der Waals surface area contributed by atoms with Crippen LogP contribution in [0.25, 0.3) is 10.8 Å². The number of carbonyl (C=O) groups excluding carboxylic acids is 2. The van der Waals surface area contributed by atoms with Gasteiger partial charge in [-0.3, -0.25) is 19.9 Å². The fourth-order valence-electron chi connectivity index (χ4n) is 2.53. The molecule has 0 bridgehead atoms. The van der Waals surface area contributed by atoms with Crippen molar-refractivity contribution in [2.24, 2.45) is 16.5 Å². The zero-order valence-corrected chi connectivity index (χ0v) is 13.7. The van der Waals surface area contributed by atoms with Crippen molar-refractivity contribution in [1.82, 2.24) is 5.32 Å². The first kappa shape index (κ1) is 17.5. The molecule has 0 fully saturated rings. The number of hydrogen-bond acceptors (Lipinski definition) is 3. The Bertz CT molecular complexity index is 731. The molecule has 2 aromatic carbocycles. The Hall–Kier alpha value is -2.89. The van der Waals surface area contributed by atoms with E-state index in [0.717, 1.165) is 23.7 Å². The van der Waals surface area contributed by atoms with Crippen molar-refractivity contribution in [3.8, 4) is 0 Å². The second-order valence-corrected chi connectivity index (χ2v) is 5.51. The average Bonchev–Trinajstić information content (AvgIpc) is 2.57. The zero-order chi connectivity index (χ0) is 17.5. The first-order valence-electron chi connectivity index (χ1n) is 7.97. The highest BCUT2D eigenvalue weighted by molar-refractivity contribution is 6.25. The fourth-order valence-corrected chi connectivity index (χ4v) is 2.53. The SMILES string of the molecule is CCCCCN=C(N)N.O=C1NC(=O)c2cccc3cccc1c23. The van der Waals surface area contributed by atoms with Crippen LogP contribution in [0.1, 0.15) is 46.9 Å². The summed E-state index contributed by atoms with van der Waals surface area (Å²) in [5.74, 6) is -0.431. The minimum Gasteiger partial charge on any atom is -0.370 e. The van der Waals surface area contributed by atoms with Crippen LogP contribution in [0.15, 0.2) is 41.4 Å². The lowest BCUT2D eigenvalue weighted by molar-refractivity contribution is 0.0845. The molecule has 1 aliphatic rings. The number of aliphatic imine (C=N–C) groups is 1. The minimum atomic E-state index is -0.315. The third-order valence-corrected chi connectivity index (χ3v) is 3.68. The molecular weight excluding hydrogens is 304 g/mol. The van der Waals surface area contributed by atoms with Crippen molar-refractivity contribution in [2.75, 3.05) is 6.54 Å². The van der Waals surface area contributed by atoms with E-state index in [-0.39, 0.29) is 17.8 Å². The van der Waals surface area contributed by atoms with E-state index < -0.39 is 0 Å². The summed E-state index contributed by atoms with van der Waals surface area (Å²) in [6.07, 6.45) is 3.51. The molecule has 6 heteroatoms. The molecule has 0 aliphatic carbocycles. The number of carbonyl (C=O) groups is 2. The Labute approximate surface area is 140 Å². The number of unbranched alkanes of at least 4 members (excludes halogenated alkanes) is 2. The molecule has 6 nitrogen and oxygen atoms in total. The molecule has 0 saturated carbocycles. The van der Waals surface area contributed by atoms with Crippen molar-refractivity contribution < 1.29 is 9.59 Å². The van der Waals surface area contributed by atoms with E-state index in [1.165, 1.54) is 12.8 Å². The van der Waals surface area contributed by atoms with Crippen molar-refractivity contribution in [3.63, 3.8) is 0 Å². The van der Waals surface area contributed by atoms with Gasteiger partial charge in [0.05, 0.1) is 0 Å². The maximum Gasteiger partial charge on any atom is 0.258 e. The van der Waals surface area contributed by atoms with Crippen LogP contribution in [0.4, 0.5) is 0 Å². The van der Waals surface area contributed by atoms with E-state index in [1.54, 1.807) is 12.1 Å². The van der Waals surface area contributed by atoms with Gasteiger partial charge in [0.2, 0.25) is 0 Å². The summed E-state index contributed by atoms with van der Waals surface area (Å²) in [4.78, 5) is 26.9. The van der Waals surface area contributed by atoms with Crippen LogP contribution in [0, 0.1) is 0 Å². The number of nitrogens with zero attached hydrogens (tertiary/aromatic N) is 1. The Balaban J connectivity index is 0.000000202. The summed E-state index contributed by atoms with van der Waals surface area (Å²) >= 11 is 0. The number of guanidine groups is 1. The number of nitrogens with one attached hydrogen (secondary N) is 1. The molecule has 0 atom stereocenters. The normalized spacial score (nSPS) is 12.2. The molecule has 0 spiro atoms. The van der Waals surface area contributed by atoms with Crippen molar-refractivity contribution in [1.29, 1.82) is 0 Å².